The van der Waals surface area contributed by atoms with Crippen molar-refractivity contribution < 1.29 is 4.79 Å². The van der Waals surface area contributed by atoms with Gasteiger partial charge in [0.05, 0.1) is 0 Å². The van der Waals surface area contributed by atoms with Gasteiger partial charge in [-0.15, -0.1) is 0 Å². The summed E-state index contributed by atoms with van der Waals surface area (Å²) in [7, 11) is 0. The topological polar surface area (TPSA) is 29.1 Å². The SMILES string of the molecule is [CH2]c1ccccc1NC(=O)C1(C)CCCCC1. The van der Waals surface area contributed by atoms with Crippen molar-refractivity contribution >= 4 is 11.6 Å². The monoisotopic (exact) mass is 230 g/mol. The first-order valence-corrected chi connectivity index (χ1v) is 6.34. The fourth-order valence-electron chi connectivity index (χ4n) is 2.47. The molecule has 1 amide bonds. The Balaban J connectivity index is 2.08. The molecule has 17 heavy (non-hydrogen) atoms. The summed E-state index contributed by atoms with van der Waals surface area (Å²) in [6.45, 7) is 6.00. The van der Waals surface area contributed by atoms with E-state index < -0.39 is 0 Å². The van der Waals surface area contributed by atoms with Gasteiger partial charge in [0.25, 0.3) is 0 Å². The molecule has 1 aromatic rings. The number of hydrogen-bond donors (Lipinski definition) is 1. The van der Waals surface area contributed by atoms with E-state index >= 15 is 0 Å². The maximum atomic E-state index is 12.3. The van der Waals surface area contributed by atoms with Crippen LogP contribution in [-0.4, -0.2) is 5.91 Å². The molecule has 0 atom stereocenters. The molecule has 0 heterocycles. The molecule has 0 unspecified atom stereocenters. The van der Waals surface area contributed by atoms with E-state index in [2.05, 4.69) is 19.2 Å². The minimum Gasteiger partial charge on any atom is -0.325 e. The van der Waals surface area contributed by atoms with E-state index in [0.29, 0.717) is 0 Å². The average Bonchev–Trinajstić information content (AvgIpc) is 2.33. The molecule has 0 saturated heterocycles. The molecule has 1 radical (unpaired) electrons. The van der Waals surface area contributed by atoms with Crippen LogP contribution in [0.1, 0.15) is 44.6 Å². The molecular formula is C15H20NO. The first kappa shape index (κ1) is 12.2. The molecular weight excluding hydrogens is 210 g/mol. The van der Waals surface area contributed by atoms with Gasteiger partial charge in [-0.2, -0.15) is 0 Å². The van der Waals surface area contributed by atoms with Gasteiger partial charge >= 0.3 is 0 Å². The maximum Gasteiger partial charge on any atom is 0.230 e. The Morgan fingerprint density at radius 1 is 1.24 bits per heavy atom. The molecule has 1 saturated carbocycles. The Bertz CT molecular complexity index is 405. The maximum absolute atomic E-state index is 12.3. The van der Waals surface area contributed by atoms with Crippen LogP contribution in [0.5, 0.6) is 0 Å². The van der Waals surface area contributed by atoms with Gasteiger partial charge < -0.3 is 5.32 Å². The Kier molecular flexibility index (Phi) is 3.51. The number of carbonyl (C=O) groups is 1. The zero-order valence-electron chi connectivity index (χ0n) is 10.5. The van der Waals surface area contributed by atoms with E-state index in [-0.39, 0.29) is 11.3 Å². The van der Waals surface area contributed by atoms with E-state index in [0.717, 1.165) is 36.9 Å². The van der Waals surface area contributed by atoms with E-state index in [1.807, 2.05) is 24.3 Å². The summed E-state index contributed by atoms with van der Waals surface area (Å²) in [6, 6.07) is 7.68. The number of nitrogens with one attached hydrogen (secondary N) is 1. The largest absolute Gasteiger partial charge is 0.325 e. The molecule has 1 aliphatic carbocycles. The number of carbonyl (C=O) groups excluding carboxylic acids is 1. The molecule has 1 aromatic carbocycles. The van der Waals surface area contributed by atoms with Gasteiger partial charge in [-0.25, -0.2) is 0 Å². The van der Waals surface area contributed by atoms with Crippen molar-refractivity contribution in [2.75, 3.05) is 5.32 Å². The number of anilines is 1. The first-order chi connectivity index (χ1) is 8.12. The lowest BCUT2D eigenvalue weighted by Gasteiger charge is -2.32. The van der Waals surface area contributed by atoms with Crippen molar-refractivity contribution in [1.82, 2.24) is 0 Å². The van der Waals surface area contributed by atoms with E-state index in [9.17, 15) is 4.79 Å². The summed E-state index contributed by atoms with van der Waals surface area (Å²) in [4.78, 5) is 12.3. The van der Waals surface area contributed by atoms with Crippen LogP contribution in [0.15, 0.2) is 24.3 Å². The van der Waals surface area contributed by atoms with Crippen LogP contribution in [0.4, 0.5) is 5.69 Å². The minimum absolute atomic E-state index is 0.147. The second-order valence-corrected chi connectivity index (χ2v) is 5.23. The van der Waals surface area contributed by atoms with Crippen molar-refractivity contribution in [2.45, 2.75) is 39.0 Å². The average molecular weight is 230 g/mol. The van der Waals surface area contributed by atoms with Crippen molar-refractivity contribution in [3.63, 3.8) is 0 Å². The molecule has 0 bridgehead atoms. The molecule has 2 heteroatoms. The van der Waals surface area contributed by atoms with Crippen LogP contribution >= 0.6 is 0 Å². The van der Waals surface area contributed by atoms with Crippen LogP contribution in [0.2, 0.25) is 0 Å². The Morgan fingerprint density at radius 2 is 1.88 bits per heavy atom. The molecule has 1 aliphatic rings. The molecule has 91 valence electrons. The van der Waals surface area contributed by atoms with Gasteiger partial charge in [-0.1, -0.05) is 44.4 Å². The third-order valence-electron chi connectivity index (χ3n) is 3.77. The zero-order valence-corrected chi connectivity index (χ0v) is 10.5. The van der Waals surface area contributed by atoms with Crippen LogP contribution in [0.25, 0.3) is 0 Å². The Hall–Kier alpha value is -1.31. The predicted molar refractivity (Wildman–Crippen MR) is 70.7 cm³/mol. The number of hydrogen-bond acceptors (Lipinski definition) is 1. The van der Waals surface area contributed by atoms with Gasteiger partial charge in [-0.3, -0.25) is 4.79 Å². The number of rotatable bonds is 2. The second-order valence-electron chi connectivity index (χ2n) is 5.23. The summed E-state index contributed by atoms with van der Waals surface area (Å²) < 4.78 is 0. The Labute approximate surface area is 103 Å². The minimum atomic E-state index is -0.194. The predicted octanol–water partition coefficient (Wildman–Crippen LogP) is 3.78. The second kappa shape index (κ2) is 4.91. The zero-order chi connectivity index (χ0) is 12.3. The van der Waals surface area contributed by atoms with E-state index in [1.165, 1.54) is 6.42 Å². The van der Waals surface area contributed by atoms with Gasteiger partial charge in [0.15, 0.2) is 0 Å². The standard InChI is InChI=1S/C15H20NO/c1-12-8-4-5-9-13(12)16-14(17)15(2)10-6-3-7-11-15/h4-5,8-9H,1,3,6-7,10-11H2,2H3,(H,16,17). The van der Waals surface area contributed by atoms with Gasteiger partial charge in [0, 0.05) is 11.1 Å². The highest BCUT2D eigenvalue weighted by molar-refractivity contribution is 5.95. The van der Waals surface area contributed by atoms with Crippen molar-refractivity contribution in [3.8, 4) is 0 Å². The van der Waals surface area contributed by atoms with Crippen molar-refractivity contribution in [2.24, 2.45) is 5.41 Å². The highest BCUT2D eigenvalue weighted by Crippen LogP contribution is 2.36. The van der Waals surface area contributed by atoms with Crippen molar-refractivity contribution in [1.29, 1.82) is 0 Å². The lowest BCUT2D eigenvalue weighted by Crippen LogP contribution is -2.35. The summed E-state index contributed by atoms with van der Waals surface area (Å²) >= 11 is 0. The summed E-state index contributed by atoms with van der Waals surface area (Å²) in [6.07, 6.45) is 5.58. The van der Waals surface area contributed by atoms with Gasteiger partial charge in [-0.05, 0) is 31.4 Å². The lowest BCUT2D eigenvalue weighted by molar-refractivity contribution is -0.126. The summed E-state index contributed by atoms with van der Waals surface area (Å²) in [5, 5.41) is 3.02. The molecule has 1 fully saturated rings. The lowest BCUT2D eigenvalue weighted by atomic mass is 9.75. The smallest absolute Gasteiger partial charge is 0.230 e. The molecule has 0 aliphatic heterocycles. The van der Waals surface area contributed by atoms with Crippen LogP contribution < -0.4 is 5.32 Å². The van der Waals surface area contributed by atoms with Gasteiger partial charge in [0.2, 0.25) is 5.91 Å². The normalized spacial score (nSPS) is 18.7. The third-order valence-corrected chi connectivity index (χ3v) is 3.77. The van der Waals surface area contributed by atoms with E-state index in [4.69, 9.17) is 0 Å². The highest BCUT2D eigenvalue weighted by atomic mass is 16.2. The van der Waals surface area contributed by atoms with Crippen molar-refractivity contribution in [3.05, 3.63) is 36.8 Å². The van der Waals surface area contributed by atoms with Crippen LogP contribution in [0, 0.1) is 12.3 Å². The molecule has 1 N–H and O–H groups in total. The molecule has 2 rings (SSSR count). The molecule has 0 aromatic heterocycles. The first-order valence-electron chi connectivity index (χ1n) is 6.34. The fourth-order valence-corrected chi connectivity index (χ4v) is 2.47. The number of para-hydroxylation sites is 1. The van der Waals surface area contributed by atoms with Crippen LogP contribution in [-0.2, 0) is 4.79 Å². The van der Waals surface area contributed by atoms with E-state index in [1.54, 1.807) is 0 Å². The summed E-state index contributed by atoms with van der Waals surface area (Å²) in [5.41, 5.74) is 1.52. The number of amides is 1. The highest BCUT2D eigenvalue weighted by Gasteiger charge is 2.34. The third kappa shape index (κ3) is 2.68. The molecule has 0 spiro atoms. The fraction of sp³-hybridized carbons (Fsp3) is 0.467. The molecule has 2 nitrogen and oxygen atoms in total. The summed E-state index contributed by atoms with van der Waals surface area (Å²) in [5.74, 6) is 0.147. The number of benzene rings is 1. The van der Waals surface area contributed by atoms with Crippen LogP contribution in [0.3, 0.4) is 0 Å². The Morgan fingerprint density at radius 3 is 2.53 bits per heavy atom. The quantitative estimate of drug-likeness (QED) is 0.823. The van der Waals surface area contributed by atoms with Gasteiger partial charge in [0.1, 0.15) is 0 Å².